The summed E-state index contributed by atoms with van der Waals surface area (Å²) in [6.07, 6.45) is 1.56. The van der Waals surface area contributed by atoms with E-state index in [2.05, 4.69) is 4.98 Å². The molecule has 7 nitrogen and oxygen atoms in total. The van der Waals surface area contributed by atoms with Gasteiger partial charge in [0.15, 0.2) is 0 Å². The zero-order valence-corrected chi connectivity index (χ0v) is 10.4. The molecule has 7 heteroatoms. The van der Waals surface area contributed by atoms with E-state index in [1.165, 1.54) is 41.1 Å². The highest BCUT2D eigenvalue weighted by atomic mass is 16.6. The number of hydrogen-bond donors (Lipinski definition) is 0. The Kier molecular flexibility index (Phi) is 3.86. The van der Waals surface area contributed by atoms with Gasteiger partial charge in [0.1, 0.15) is 5.82 Å². The number of aromatic nitrogens is 2. The van der Waals surface area contributed by atoms with Crippen LogP contribution in [0.1, 0.15) is 6.42 Å². The lowest BCUT2D eigenvalue weighted by Crippen LogP contribution is -2.21. The lowest BCUT2D eigenvalue weighted by molar-refractivity contribution is -0.384. The highest BCUT2D eigenvalue weighted by molar-refractivity contribution is 5.57. The first-order chi connectivity index (χ1) is 9.63. The van der Waals surface area contributed by atoms with Crippen LogP contribution in [0.4, 0.5) is 5.69 Å². The third-order valence-electron chi connectivity index (χ3n) is 2.72. The highest BCUT2D eigenvalue weighted by Crippen LogP contribution is 2.19. The van der Waals surface area contributed by atoms with Crippen molar-refractivity contribution in [3.63, 3.8) is 0 Å². The van der Waals surface area contributed by atoms with Gasteiger partial charge in [-0.15, -0.1) is 0 Å². The van der Waals surface area contributed by atoms with Gasteiger partial charge in [0.25, 0.3) is 11.2 Å². The maximum absolute atomic E-state index is 11.8. The molecule has 0 aliphatic carbocycles. The first-order valence-electron chi connectivity index (χ1n) is 5.81. The summed E-state index contributed by atoms with van der Waals surface area (Å²) in [5.41, 5.74) is 0.297. The SMILES string of the molecule is N#CCCn1c(-c2ccc([N+](=O)[O-])cc2)nccc1=O. The van der Waals surface area contributed by atoms with Crippen molar-refractivity contribution in [1.29, 1.82) is 5.26 Å². The van der Waals surface area contributed by atoms with Crippen LogP contribution >= 0.6 is 0 Å². The molecule has 0 unspecified atom stereocenters. The molecule has 2 rings (SSSR count). The Balaban J connectivity index is 2.47. The van der Waals surface area contributed by atoms with Crippen LogP contribution in [0.15, 0.2) is 41.3 Å². The fraction of sp³-hybridized carbons (Fsp3) is 0.154. The van der Waals surface area contributed by atoms with Crippen LogP contribution in [-0.2, 0) is 6.54 Å². The van der Waals surface area contributed by atoms with Crippen molar-refractivity contribution < 1.29 is 4.92 Å². The van der Waals surface area contributed by atoms with Crippen molar-refractivity contribution in [1.82, 2.24) is 9.55 Å². The van der Waals surface area contributed by atoms with Crippen LogP contribution < -0.4 is 5.56 Å². The first kappa shape index (κ1) is 13.4. The molecule has 0 atom stereocenters. The molecule has 1 heterocycles. The summed E-state index contributed by atoms with van der Waals surface area (Å²) in [7, 11) is 0. The van der Waals surface area contributed by atoms with E-state index >= 15 is 0 Å². The van der Waals surface area contributed by atoms with E-state index < -0.39 is 4.92 Å². The van der Waals surface area contributed by atoms with Gasteiger partial charge in [-0.3, -0.25) is 19.5 Å². The first-order valence-corrected chi connectivity index (χ1v) is 5.81. The molecular weight excluding hydrogens is 260 g/mol. The van der Waals surface area contributed by atoms with Crippen molar-refractivity contribution >= 4 is 5.69 Å². The Labute approximate surface area is 113 Å². The predicted octanol–water partition coefficient (Wildman–Crippen LogP) is 1.73. The number of nitriles is 1. The van der Waals surface area contributed by atoms with Gasteiger partial charge >= 0.3 is 0 Å². The molecule has 0 amide bonds. The summed E-state index contributed by atoms with van der Waals surface area (Å²) in [5.74, 6) is 0.391. The van der Waals surface area contributed by atoms with Crippen molar-refractivity contribution in [2.75, 3.05) is 0 Å². The molecule has 2 aromatic rings. The summed E-state index contributed by atoms with van der Waals surface area (Å²) < 4.78 is 1.38. The third kappa shape index (κ3) is 2.70. The van der Waals surface area contributed by atoms with Gasteiger partial charge in [-0.25, -0.2) is 4.98 Å². The van der Waals surface area contributed by atoms with Crippen LogP contribution in [0.5, 0.6) is 0 Å². The molecule has 0 fully saturated rings. The van der Waals surface area contributed by atoms with Crippen molar-refractivity contribution in [2.45, 2.75) is 13.0 Å². The molecule has 0 spiro atoms. The highest BCUT2D eigenvalue weighted by Gasteiger charge is 2.10. The summed E-state index contributed by atoms with van der Waals surface area (Å²) in [6.45, 7) is 0.232. The molecule has 1 aromatic carbocycles. The van der Waals surface area contributed by atoms with E-state index in [1.807, 2.05) is 6.07 Å². The molecular formula is C13H10N4O3. The zero-order valence-electron chi connectivity index (χ0n) is 10.4. The minimum absolute atomic E-state index is 0.0318. The van der Waals surface area contributed by atoms with Crippen molar-refractivity contribution in [3.8, 4) is 17.5 Å². The van der Waals surface area contributed by atoms with E-state index in [0.717, 1.165) is 0 Å². The van der Waals surface area contributed by atoms with Crippen LogP contribution in [0, 0.1) is 21.4 Å². The van der Waals surface area contributed by atoms with E-state index in [0.29, 0.717) is 11.4 Å². The molecule has 0 saturated carbocycles. The van der Waals surface area contributed by atoms with Gasteiger partial charge < -0.3 is 0 Å². The summed E-state index contributed by atoms with van der Waals surface area (Å²) in [5, 5.41) is 19.2. The minimum atomic E-state index is -0.495. The Morgan fingerprint density at radius 1 is 1.30 bits per heavy atom. The monoisotopic (exact) mass is 270 g/mol. The number of rotatable bonds is 4. The van der Waals surface area contributed by atoms with E-state index in [4.69, 9.17) is 5.26 Å². The van der Waals surface area contributed by atoms with Gasteiger partial charge in [0.05, 0.1) is 17.4 Å². The summed E-state index contributed by atoms with van der Waals surface area (Å²) in [6, 6.07) is 9.04. The predicted molar refractivity (Wildman–Crippen MR) is 70.8 cm³/mol. The molecule has 0 radical (unpaired) electrons. The quantitative estimate of drug-likeness (QED) is 0.621. The number of benzene rings is 1. The lowest BCUT2D eigenvalue weighted by Gasteiger charge is -2.09. The van der Waals surface area contributed by atoms with Crippen LogP contribution in [0.2, 0.25) is 0 Å². The second kappa shape index (κ2) is 5.75. The minimum Gasteiger partial charge on any atom is -0.292 e. The van der Waals surface area contributed by atoms with Crippen molar-refractivity contribution in [2.24, 2.45) is 0 Å². The number of hydrogen-bond acceptors (Lipinski definition) is 5. The molecule has 0 aliphatic rings. The van der Waals surface area contributed by atoms with Crippen LogP contribution in [0.3, 0.4) is 0 Å². The van der Waals surface area contributed by atoms with Crippen LogP contribution in [-0.4, -0.2) is 14.5 Å². The van der Waals surface area contributed by atoms with Gasteiger partial charge in [-0.1, -0.05) is 0 Å². The zero-order chi connectivity index (χ0) is 14.5. The molecule has 1 aromatic heterocycles. The largest absolute Gasteiger partial charge is 0.292 e. The van der Waals surface area contributed by atoms with E-state index in [1.54, 1.807) is 0 Å². The smallest absolute Gasteiger partial charge is 0.269 e. The van der Waals surface area contributed by atoms with Gasteiger partial charge in [0.2, 0.25) is 0 Å². The lowest BCUT2D eigenvalue weighted by atomic mass is 10.2. The Morgan fingerprint density at radius 3 is 2.60 bits per heavy atom. The van der Waals surface area contributed by atoms with Gasteiger partial charge in [-0.2, -0.15) is 5.26 Å². The summed E-state index contributed by atoms with van der Waals surface area (Å²) >= 11 is 0. The average Bonchev–Trinajstić information content (AvgIpc) is 2.46. The standard InChI is InChI=1S/C13H10N4O3/c14-7-1-9-16-12(18)6-8-15-13(16)10-2-4-11(5-3-10)17(19)20/h2-6,8H,1,9H2. The summed E-state index contributed by atoms with van der Waals surface area (Å²) in [4.78, 5) is 26.0. The third-order valence-corrected chi connectivity index (χ3v) is 2.72. The maximum Gasteiger partial charge on any atom is 0.269 e. The van der Waals surface area contributed by atoms with E-state index in [9.17, 15) is 14.9 Å². The van der Waals surface area contributed by atoms with Crippen LogP contribution in [0.25, 0.3) is 11.4 Å². The molecule has 0 N–H and O–H groups in total. The second-order valence-corrected chi connectivity index (χ2v) is 3.97. The van der Waals surface area contributed by atoms with Gasteiger partial charge in [-0.05, 0) is 12.1 Å². The van der Waals surface area contributed by atoms with E-state index in [-0.39, 0.29) is 24.2 Å². The molecule has 100 valence electrons. The average molecular weight is 270 g/mol. The number of nitrogens with zero attached hydrogens (tertiary/aromatic N) is 4. The molecule has 0 aliphatic heterocycles. The Hall–Kier alpha value is -3.01. The number of non-ortho nitro benzene ring substituents is 1. The molecule has 0 saturated heterocycles. The Bertz CT molecular complexity index is 729. The second-order valence-electron chi connectivity index (χ2n) is 3.97. The topological polar surface area (TPSA) is 102 Å². The fourth-order valence-corrected chi connectivity index (χ4v) is 1.78. The van der Waals surface area contributed by atoms with Crippen molar-refractivity contribution in [3.05, 3.63) is 57.0 Å². The number of nitro benzene ring substituents is 1. The molecule has 0 bridgehead atoms. The van der Waals surface area contributed by atoms with Gasteiger partial charge in [0, 0.05) is 36.5 Å². The normalized spacial score (nSPS) is 9.95. The fourth-order valence-electron chi connectivity index (χ4n) is 1.78. The maximum atomic E-state index is 11.8. The molecule has 20 heavy (non-hydrogen) atoms. The Morgan fingerprint density at radius 2 is 2.00 bits per heavy atom. The number of nitro groups is 1.